The van der Waals surface area contributed by atoms with Crippen molar-refractivity contribution in [2.24, 2.45) is 5.92 Å². The van der Waals surface area contributed by atoms with Crippen molar-refractivity contribution in [2.45, 2.75) is 45.7 Å². The molecule has 1 aromatic rings. The Morgan fingerprint density at radius 2 is 1.74 bits per heavy atom. The molecule has 0 aromatic heterocycles. The number of nitrogens with one attached hydrogen (secondary N) is 3. The summed E-state index contributed by atoms with van der Waals surface area (Å²) >= 11 is 0. The van der Waals surface area contributed by atoms with Gasteiger partial charge in [-0.25, -0.2) is 0 Å². The molecule has 5 heteroatoms. The van der Waals surface area contributed by atoms with Crippen molar-refractivity contribution < 1.29 is 9.59 Å². The van der Waals surface area contributed by atoms with Crippen LogP contribution in [0.3, 0.4) is 0 Å². The third-order valence-electron chi connectivity index (χ3n) is 4.24. The maximum Gasteiger partial charge on any atom is 0.251 e. The van der Waals surface area contributed by atoms with Crippen LogP contribution in [0.15, 0.2) is 24.3 Å². The number of aryl methyl sites for hydroxylation is 1. The van der Waals surface area contributed by atoms with Gasteiger partial charge in [-0.3, -0.25) is 9.59 Å². The molecule has 1 atom stereocenters. The zero-order chi connectivity index (χ0) is 16.8. The minimum atomic E-state index is -0.515. The van der Waals surface area contributed by atoms with Gasteiger partial charge in [-0.05, 0) is 50.9 Å². The van der Waals surface area contributed by atoms with Crippen molar-refractivity contribution in [3.05, 3.63) is 35.4 Å². The molecule has 126 valence electrons. The van der Waals surface area contributed by atoms with Crippen LogP contribution in [0.25, 0.3) is 0 Å². The Bertz CT molecular complexity index is 534. The molecule has 2 amide bonds. The quantitative estimate of drug-likeness (QED) is 0.773. The number of piperidine rings is 1. The van der Waals surface area contributed by atoms with Gasteiger partial charge in [0.1, 0.15) is 6.04 Å². The topological polar surface area (TPSA) is 70.2 Å². The zero-order valence-corrected chi connectivity index (χ0v) is 14.2. The van der Waals surface area contributed by atoms with Crippen molar-refractivity contribution >= 4 is 11.8 Å². The van der Waals surface area contributed by atoms with E-state index in [1.54, 1.807) is 12.1 Å². The average molecular weight is 317 g/mol. The summed E-state index contributed by atoms with van der Waals surface area (Å²) in [6.07, 6.45) is 1.87. The standard InChI is InChI=1S/C18H27N3O2/c1-12(2)16(18(23)20-15-8-10-19-11-9-15)21-17(22)14-6-4-13(3)5-7-14/h4-7,12,15-16,19H,8-11H2,1-3H3,(H,20,23)(H,21,22). The van der Waals surface area contributed by atoms with Gasteiger partial charge in [-0.1, -0.05) is 31.5 Å². The molecule has 3 N–H and O–H groups in total. The highest BCUT2D eigenvalue weighted by atomic mass is 16.2. The van der Waals surface area contributed by atoms with E-state index in [4.69, 9.17) is 0 Å². The van der Waals surface area contributed by atoms with Crippen LogP contribution in [0, 0.1) is 12.8 Å². The fraction of sp³-hybridized carbons (Fsp3) is 0.556. The number of carbonyl (C=O) groups is 2. The molecule has 1 fully saturated rings. The fourth-order valence-corrected chi connectivity index (χ4v) is 2.72. The second kappa shape index (κ2) is 8.11. The van der Waals surface area contributed by atoms with Crippen molar-refractivity contribution in [3.8, 4) is 0 Å². The summed E-state index contributed by atoms with van der Waals surface area (Å²) in [5.74, 6) is -0.261. The van der Waals surface area contributed by atoms with Crippen LogP contribution in [-0.4, -0.2) is 37.0 Å². The van der Waals surface area contributed by atoms with Crippen LogP contribution < -0.4 is 16.0 Å². The number of hydrogen-bond acceptors (Lipinski definition) is 3. The molecule has 1 heterocycles. The lowest BCUT2D eigenvalue weighted by Gasteiger charge is -2.28. The Hall–Kier alpha value is -1.88. The van der Waals surface area contributed by atoms with E-state index < -0.39 is 6.04 Å². The lowest BCUT2D eigenvalue weighted by molar-refractivity contribution is -0.124. The predicted octanol–water partition coefficient (Wildman–Crippen LogP) is 1.62. The molecule has 1 saturated heterocycles. The molecule has 1 unspecified atom stereocenters. The summed E-state index contributed by atoms with van der Waals surface area (Å²) in [7, 11) is 0. The molecule has 1 aliphatic rings. The predicted molar refractivity (Wildman–Crippen MR) is 91.3 cm³/mol. The lowest BCUT2D eigenvalue weighted by Crippen LogP contribution is -2.53. The van der Waals surface area contributed by atoms with Gasteiger partial charge in [-0.15, -0.1) is 0 Å². The minimum Gasteiger partial charge on any atom is -0.351 e. The highest BCUT2D eigenvalue weighted by molar-refractivity contribution is 5.97. The first kappa shape index (κ1) is 17.5. The Balaban J connectivity index is 1.98. The highest BCUT2D eigenvalue weighted by Crippen LogP contribution is 2.09. The van der Waals surface area contributed by atoms with Crippen LogP contribution in [0.1, 0.15) is 42.6 Å². The van der Waals surface area contributed by atoms with E-state index in [1.807, 2.05) is 32.9 Å². The highest BCUT2D eigenvalue weighted by Gasteiger charge is 2.27. The Morgan fingerprint density at radius 3 is 2.30 bits per heavy atom. The van der Waals surface area contributed by atoms with E-state index in [1.165, 1.54) is 0 Å². The Labute approximate surface area is 138 Å². The van der Waals surface area contributed by atoms with Crippen LogP contribution in [0.5, 0.6) is 0 Å². The summed E-state index contributed by atoms with van der Waals surface area (Å²) in [4.78, 5) is 24.9. The molecular weight excluding hydrogens is 290 g/mol. The van der Waals surface area contributed by atoms with E-state index >= 15 is 0 Å². The van der Waals surface area contributed by atoms with Gasteiger partial charge in [0.2, 0.25) is 5.91 Å². The number of benzene rings is 1. The molecule has 0 bridgehead atoms. The van der Waals surface area contributed by atoms with Gasteiger partial charge in [0.25, 0.3) is 5.91 Å². The molecule has 0 radical (unpaired) electrons. The van der Waals surface area contributed by atoms with Crippen molar-refractivity contribution in [1.29, 1.82) is 0 Å². The summed E-state index contributed by atoms with van der Waals surface area (Å²) in [6.45, 7) is 7.72. The Morgan fingerprint density at radius 1 is 1.13 bits per heavy atom. The van der Waals surface area contributed by atoms with E-state index in [0.29, 0.717) is 5.56 Å². The number of carbonyl (C=O) groups excluding carboxylic acids is 2. The van der Waals surface area contributed by atoms with Crippen LogP contribution in [0.4, 0.5) is 0 Å². The van der Waals surface area contributed by atoms with E-state index in [9.17, 15) is 9.59 Å². The van der Waals surface area contributed by atoms with Crippen molar-refractivity contribution in [3.63, 3.8) is 0 Å². The Kier molecular flexibility index (Phi) is 6.16. The van der Waals surface area contributed by atoms with Crippen molar-refractivity contribution in [1.82, 2.24) is 16.0 Å². The molecule has 0 spiro atoms. The van der Waals surface area contributed by atoms with Gasteiger partial charge in [0.05, 0.1) is 0 Å². The smallest absolute Gasteiger partial charge is 0.251 e. The van der Waals surface area contributed by atoms with Gasteiger partial charge in [0.15, 0.2) is 0 Å². The van der Waals surface area contributed by atoms with Crippen molar-refractivity contribution in [2.75, 3.05) is 13.1 Å². The van der Waals surface area contributed by atoms with E-state index in [0.717, 1.165) is 31.5 Å². The third kappa shape index (κ3) is 5.06. The molecule has 0 aliphatic carbocycles. The molecular formula is C18H27N3O2. The third-order valence-corrected chi connectivity index (χ3v) is 4.24. The second-order valence-corrected chi connectivity index (χ2v) is 6.59. The molecule has 2 rings (SSSR count). The van der Waals surface area contributed by atoms with E-state index in [2.05, 4.69) is 16.0 Å². The zero-order valence-electron chi connectivity index (χ0n) is 14.2. The van der Waals surface area contributed by atoms with Gasteiger partial charge in [-0.2, -0.15) is 0 Å². The largest absolute Gasteiger partial charge is 0.351 e. The molecule has 0 saturated carbocycles. The average Bonchev–Trinajstić information content (AvgIpc) is 2.53. The van der Waals surface area contributed by atoms with Gasteiger partial charge < -0.3 is 16.0 Å². The number of hydrogen-bond donors (Lipinski definition) is 3. The summed E-state index contributed by atoms with van der Waals surface area (Å²) < 4.78 is 0. The maximum atomic E-state index is 12.5. The van der Waals surface area contributed by atoms with Crippen LogP contribution >= 0.6 is 0 Å². The SMILES string of the molecule is Cc1ccc(C(=O)NC(C(=O)NC2CCNCC2)C(C)C)cc1. The fourth-order valence-electron chi connectivity index (χ4n) is 2.72. The van der Waals surface area contributed by atoms with E-state index in [-0.39, 0.29) is 23.8 Å². The van der Waals surface area contributed by atoms with Gasteiger partial charge in [0, 0.05) is 11.6 Å². The normalized spacial score (nSPS) is 16.9. The van der Waals surface area contributed by atoms with Gasteiger partial charge >= 0.3 is 0 Å². The van der Waals surface area contributed by atoms with Crippen LogP contribution in [-0.2, 0) is 4.79 Å². The summed E-state index contributed by atoms with van der Waals surface area (Å²) in [5.41, 5.74) is 1.68. The molecule has 1 aliphatic heterocycles. The lowest BCUT2D eigenvalue weighted by atomic mass is 10.0. The summed E-state index contributed by atoms with van der Waals surface area (Å²) in [6, 6.07) is 7.04. The first-order valence-corrected chi connectivity index (χ1v) is 8.36. The first-order valence-electron chi connectivity index (χ1n) is 8.36. The second-order valence-electron chi connectivity index (χ2n) is 6.59. The van der Waals surface area contributed by atoms with Crippen LogP contribution in [0.2, 0.25) is 0 Å². The molecule has 5 nitrogen and oxygen atoms in total. The molecule has 23 heavy (non-hydrogen) atoms. The maximum absolute atomic E-state index is 12.5. The summed E-state index contributed by atoms with van der Waals surface area (Å²) in [5, 5.41) is 9.22. The number of amides is 2. The molecule has 1 aromatic carbocycles. The number of rotatable bonds is 5. The monoisotopic (exact) mass is 317 g/mol. The minimum absolute atomic E-state index is 0.0334. The first-order chi connectivity index (χ1) is 11.0.